The molecule has 21 heavy (non-hydrogen) atoms. The van der Waals surface area contributed by atoms with Crippen LogP contribution in [-0.2, 0) is 14.2 Å². The van der Waals surface area contributed by atoms with Crippen LogP contribution in [0.3, 0.4) is 0 Å². The van der Waals surface area contributed by atoms with Gasteiger partial charge in [0.15, 0.2) is 5.78 Å². The smallest absolute Gasteiger partial charge is 0.328 e. The maximum atomic E-state index is 12.0. The maximum absolute atomic E-state index is 12.0. The number of carbonyl (C=O) groups excluding carboxylic acids is 2. The Morgan fingerprint density at radius 1 is 1.38 bits per heavy atom. The predicted molar refractivity (Wildman–Crippen MR) is 84.4 cm³/mol. The van der Waals surface area contributed by atoms with Crippen molar-refractivity contribution in [3.63, 3.8) is 0 Å². The topological polar surface area (TPSA) is 52.6 Å². The van der Waals surface area contributed by atoms with Gasteiger partial charge in [0.2, 0.25) is 0 Å². The fourth-order valence-electron chi connectivity index (χ4n) is 2.41. The van der Waals surface area contributed by atoms with E-state index < -0.39 is 5.97 Å². The summed E-state index contributed by atoms with van der Waals surface area (Å²) in [6.07, 6.45) is 0.709. The second kappa shape index (κ2) is 5.57. The van der Waals surface area contributed by atoms with Gasteiger partial charge in [-0.05, 0) is 42.5 Å². The van der Waals surface area contributed by atoms with Crippen molar-refractivity contribution in [1.29, 1.82) is 0 Å². The Bertz CT molecular complexity index is 546. The summed E-state index contributed by atoms with van der Waals surface area (Å²) < 4.78 is 10.7. The van der Waals surface area contributed by atoms with Gasteiger partial charge in [0.05, 0.1) is 17.6 Å². The highest BCUT2D eigenvalue weighted by Gasteiger charge is 2.50. The van der Waals surface area contributed by atoms with E-state index in [0.717, 1.165) is 11.8 Å². The first-order chi connectivity index (χ1) is 9.66. The molecule has 0 amide bonds. The number of methoxy groups -OCH3 is 1. The highest BCUT2D eigenvalue weighted by atomic mass is 32.1. The van der Waals surface area contributed by atoms with Crippen LogP contribution in [0.25, 0.3) is 0 Å². The number of esters is 1. The Morgan fingerprint density at radius 2 is 2.05 bits per heavy atom. The molecule has 1 aliphatic rings. The zero-order valence-corrected chi connectivity index (χ0v) is 14.0. The normalized spacial score (nSPS) is 19.6. The molecule has 0 radical (unpaired) electrons. The maximum Gasteiger partial charge on any atom is 0.328 e. The summed E-state index contributed by atoms with van der Waals surface area (Å²) in [7, 11) is 1.28. The van der Waals surface area contributed by atoms with Crippen LogP contribution < -0.4 is 5.46 Å². The Kier molecular flexibility index (Phi) is 4.31. The van der Waals surface area contributed by atoms with Gasteiger partial charge in [0.25, 0.3) is 0 Å². The van der Waals surface area contributed by atoms with Gasteiger partial charge in [0, 0.05) is 0 Å². The van der Waals surface area contributed by atoms with Gasteiger partial charge in [-0.1, -0.05) is 13.8 Å². The van der Waals surface area contributed by atoms with Gasteiger partial charge in [-0.15, -0.1) is 11.3 Å². The van der Waals surface area contributed by atoms with Crippen LogP contribution in [0.2, 0.25) is 6.32 Å². The number of ketones is 1. The van der Waals surface area contributed by atoms with Crippen molar-refractivity contribution in [2.24, 2.45) is 5.41 Å². The molecule has 0 spiro atoms. The van der Waals surface area contributed by atoms with E-state index in [4.69, 9.17) is 4.65 Å². The Morgan fingerprint density at radius 3 is 2.57 bits per heavy atom. The monoisotopic (exact) mass is 308 g/mol. The molecule has 1 aliphatic heterocycles. The highest BCUT2D eigenvalue weighted by molar-refractivity contribution is 7.13. The van der Waals surface area contributed by atoms with Crippen LogP contribution in [0.1, 0.15) is 43.8 Å². The molecule has 0 saturated carbocycles. The molecular formula is C15H21BO4S. The molecule has 1 saturated heterocycles. The van der Waals surface area contributed by atoms with Gasteiger partial charge in [0.1, 0.15) is 6.42 Å². The zero-order valence-electron chi connectivity index (χ0n) is 13.2. The summed E-state index contributed by atoms with van der Waals surface area (Å²) in [6.45, 7) is 8.60. The third-order valence-corrected chi connectivity index (χ3v) is 5.55. The fourth-order valence-corrected chi connectivity index (χ4v) is 3.30. The Balaban J connectivity index is 2.11. The molecule has 1 aromatic heterocycles. The van der Waals surface area contributed by atoms with E-state index in [2.05, 4.69) is 32.4 Å². The van der Waals surface area contributed by atoms with Crippen LogP contribution in [-0.4, -0.2) is 31.4 Å². The molecule has 2 heterocycles. The summed E-state index contributed by atoms with van der Waals surface area (Å²) in [4.78, 5) is 23.7. The number of hydrogen-bond donors (Lipinski definition) is 0. The SMILES string of the molecule is COC(=O)CC(=O)c1cc(B2CC(C)(C)C(C)(C)O2)cs1. The lowest BCUT2D eigenvalue weighted by molar-refractivity contribution is -0.139. The summed E-state index contributed by atoms with van der Waals surface area (Å²) >= 11 is 1.36. The van der Waals surface area contributed by atoms with E-state index >= 15 is 0 Å². The fraction of sp³-hybridized carbons (Fsp3) is 0.600. The summed E-state index contributed by atoms with van der Waals surface area (Å²) in [5.74, 6) is -0.705. The largest absolute Gasteiger partial charge is 0.469 e. The van der Waals surface area contributed by atoms with Gasteiger partial charge >= 0.3 is 12.9 Å². The average Bonchev–Trinajstić information content (AvgIpc) is 2.93. The van der Waals surface area contributed by atoms with Gasteiger partial charge in [-0.3, -0.25) is 9.59 Å². The van der Waals surface area contributed by atoms with Gasteiger partial charge in [-0.25, -0.2) is 0 Å². The summed E-state index contributed by atoms with van der Waals surface area (Å²) in [5, 5.41) is 1.95. The molecule has 114 valence electrons. The minimum Gasteiger partial charge on any atom is -0.469 e. The van der Waals surface area contributed by atoms with Gasteiger partial charge < -0.3 is 9.39 Å². The van der Waals surface area contributed by atoms with Crippen molar-refractivity contribution >= 4 is 35.5 Å². The quantitative estimate of drug-likeness (QED) is 0.371. The van der Waals surface area contributed by atoms with E-state index in [0.29, 0.717) is 4.88 Å². The van der Waals surface area contributed by atoms with Crippen molar-refractivity contribution in [2.45, 2.75) is 46.0 Å². The second-order valence-electron chi connectivity index (χ2n) is 6.63. The lowest BCUT2D eigenvalue weighted by atomic mass is 9.55. The number of thiophene rings is 1. The van der Waals surface area contributed by atoms with E-state index in [1.54, 1.807) is 0 Å². The van der Waals surface area contributed by atoms with E-state index in [9.17, 15) is 9.59 Å². The predicted octanol–water partition coefficient (Wildman–Crippen LogP) is 2.53. The van der Waals surface area contributed by atoms with Crippen molar-refractivity contribution in [3.05, 3.63) is 16.3 Å². The third-order valence-electron chi connectivity index (χ3n) is 4.56. The van der Waals surface area contributed by atoms with E-state index in [1.807, 2.05) is 11.4 Å². The second-order valence-corrected chi connectivity index (χ2v) is 7.54. The van der Waals surface area contributed by atoms with Crippen LogP contribution >= 0.6 is 11.3 Å². The number of rotatable bonds is 4. The summed E-state index contributed by atoms with van der Waals surface area (Å²) in [6, 6.07) is 1.85. The molecule has 0 aliphatic carbocycles. The lowest BCUT2D eigenvalue weighted by Crippen LogP contribution is -2.35. The van der Waals surface area contributed by atoms with E-state index in [1.165, 1.54) is 18.4 Å². The van der Waals surface area contributed by atoms with Crippen LogP contribution in [0.5, 0.6) is 0 Å². The van der Waals surface area contributed by atoms with Crippen molar-refractivity contribution in [3.8, 4) is 0 Å². The Hall–Kier alpha value is -1.14. The van der Waals surface area contributed by atoms with Crippen molar-refractivity contribution < 1.29 is 19.0 Å². The van der Waals surface area contributed by atoms with Crippen LogP contribution in [0.4, 0.5) is 0 Å². The molecular weight excluding hydrogens is 287 g/mol. The summed E-state index contributed by atoms with van der Waals surface area (Å²) in [5.41, 5.74) is 0.901. The molecule has 0 unspecified atom stereocenters. The molecule has 0 N–H and O–H groups in total. The van der Waals surface area contributed by atoms with Crippen molar-refractivity contribution in [1.82, 2.24) is 0 Å². The van der Waals surface area contributed by atoms with E-state index in [-0.39, 0.29) is 30.1 Å². The minimum absolute atomic E-state index is 0.00549. The minimum atomic E-state index is -0.505. The van der Waals surface area contributed by atoms with Crippen molar-refractivity contribution in [2.75, 3.05) is 7.11 Å². The molecule has 6 heteroatoms. The molecule has 1 aromatic rings. The standard InChI is InChI=1S/C15H21BO4S/c1-14(2)9-16(20-15(14,3)4)10-6-12(21-8-10)11(17)7-13(18)19-5/h6,8H,7,9H2,1-5H3. The lowest BCUT2D eigenvalue weighted by Gasteiger charge is -2.34. The van der Waals surface area contributed by atoms with Crippen LogP contribution in [0.15, 0.2) is 11.4 Å². The van der Waals surface area contributed by atoms with Gasteiger partial charge in [-0.2, -0.15) is 0 Å². The molecule has 4 nitrogen and oxygen atoms in total. The zero-order chi connectivity index (χ0) is 15.8. The number of ether oxygens (including phenoxy) is 1. The number of carbonyl (C=O) groups is 2. The molecule has 0 aromatic carbocycles. The molecule has 0 bridgehead atoms. The third kappa shape index (κ3) is 3.21. The average molecular weight is 308 g/mol. The first-order valence-corrected chi connectivity index (χ1v) is 7.90. The molecule has 1 fully saturated rings. The number of hydrogen-bond acceptors (Lipinski definition) is 5. The molecule has 0 atom stereocenters. The highest BCUT2D eigenvalue weighted by Crippen LogP contribution is 2.45. The number of Topliss-reactive ketones (excluding diaryl/α,β-unsaturated/α-hetero) is 1. The first-order valence-electron chi connectivity index (χ1n) is 7.02. The molecule has 2 rings (SSSR count). The Labute approximate surface area is 129 Å². The van der Waals surface area contributed by atoms with Crippen LogP contribution in [0, 0.1) is 5.41 Å². The first kappa shape index (κ1) is 16.2.